The molecule has 6 heteroatoms. The van der Waals surface area contributed by atoms with Crippen molar-refractivity contribution >= 4 is 27.5 Å². The number of fused-ring (bicyclic) bond motifs is 1. The fourth-order valence-corrected chi connectivity index (χ4v) is 4.35. The van der Waals surface area contributed by atoms with Crippen LogP contribution in [0.15, 0.2) is 54.6 Å². The van der Waals surface area contributed by atoms with Gasteiger partial charge in [0.05, 0.1) is 23.3 Å². The Morgan fingerprint density at radius 3 is 2.44 bits per heavy atom. The first kappa shape index (κ1) is 18.1. The maximum atomic E-state index is 12.2. The smallest absolute Gasteiger partial charge is 0.234 e. The lowest BCUT2D eigenvalue weighted by atomic mass is 10.2. The number of carbonyl (C=O) groups is 1. The zero-order valence-electron chi connectivity index (χ0n) is 15.3. The average molecular weight is 381 g/mol. The van der Waals surface area contributed by atoms with E-state index in [-0.39, 0.29) is 5.91 Å². The van der Waals surface area contributed by atoms with Crippen molar-refractivity contribution in [1.82, 2.24) is 20.1 Å². The Balaban J connectivity index is 1.21. The van der Waals surface area contributed by atoms with Gasteiger partial charge in [-0.1, -0.05) is 42.5 Å². The number of para-hydroxylation sites is 1. The molecule has 27 heavy (non-hydrogen) atoms. The van der Waals surface area contributed by atoms with Gasteiger partial charge in [0.15, 0.2) is 0 Å². The molecule has 0 saturated carbocycles. The van der Waals surface area contributed by atoms with Gasteiger partial charge >= 0.3 is 0 Å². The summed E-state index contributed by atoms with van der Waals surface area (Å²) in [5.74, 6) is 0.0958. The van der Waals surface area contributed by atoms with E-state index in [4.69, 9.17) is 4.98 Å². The number of rotatable bonds is 6. The molecule has 2 heterocycles. The minimum atomic E-state index is 0.0958. The first-order valence-corrected chi connectivity index (χ1v) is 10.2. The minimum Gasteiger partial charge on any atom is -0.351 e. The van der Waals surface area contributed by atoms with Crippen molar-refractivity contribution in [3.05, 3.63) is 65.2 Å². The van der Waals surface area contributed by atoms with Crippen molar-refractivity contribution in [3.63, 3.8) is 0 Å². The maximum absolute atomic E-state index is 12.2. The molecule has 1 saturated heterocycles. The molecule has 1 aliphatic heterocycles. The third-order valence-electron chi connectivity index (χ3n) is 4.86. The molecule has 0 radical (unpaired) electrons. The van der Waals surface area contributed by atoms with Crippen LogP contribution in [0.3, 0.4) is 0 Å². The topological polar surface area (TPSA) is 48.5 Å². The van der Waals surface area contributed by atoms with Gasteiger partial charge in [-0.25, -0.2) is 4.98 Å². The summed E-state index contributed by atoms with van der Waals surface area (Å²) in [6.07, 6.45) is 0. The van der Waals surface area contributed by atoms with E-state index < -0.39 is 0 Å². The van der Waals surface area contributed by atoms with Gasteiger partial charge in [0.1, 0.15) is 5.01 Å². The number of hydrogen-bond donors (Lipinski definition) is 1. The Kier molecular flexibility index (Phi) is 5.77. The minimum absolute atomic E-state index is 0.0958. The van der Waals surface area contributed by atoms with Crippen molar-refractivity contribution in [2.24, 2.45) is 0 Å². The van der Waals surface area contributed by atoms with Gasteiger partial charge in [0.25, 0.3) is 0 Å². The summed E-state index contributed by atoms with van der Waals surface area (Å²) in [5, 5.41) is 4.18. The third kappa shape index (κ3) is 4.91. The molecule has 5 nitrogen and oxygen atoms in total. The number of benzene rings is 2. The van der Waals surface area contributed by atoms with Crippen molar-refractivity contribution < 1.29 is 4.79 Å². The lowest BCUT2D eigenvalue weighted by molar-refractivity contribution is -0.122. The number of nitrogens with one attached hydrogen (secondary N) is 1. The molecule has 140 valence electrons. The molecule has 0 spiro atoms. The van der Waals surface area contributed by atoms with Crippen LogP contribution in [-0.2, 0) is 17.9 Å². The summed E-state index contributed by atoms with van der Waals surface area (Å²) in [7, 11) is 0. The van der Waals surface area contributed by atoms with Crippen LogP contribution in [0, 0.1) is 0 Å². The molecule has 1 aromatic heterocycles. The van der Waals surface area contributed by atoms with E-state index >= 15 is 0 Å². The Morgan fingerprint density at radius 1 is 0.963 bits per heavy atom. The van der Waals surface area contributed by atoms with Gasteiger partial charge in [-0.3, -0.25) is 14.6 Å². The lowest BCUT2D eigenvalue weighted by Gasteiger charge is -2.33. The SMILES string of the molecule is O=C(CN1CCN(Cc2nc3ccccc3s2)CC1)NCc1ccccc1. The Bertz CT molecular complexity index is 854. The zero-order valence-corrected chi connectivity index (χ0v) is 16.1. The van der Waals surface area contributed by atoms with Crippen LogP contribution in [0.25, 0.3) is 10.2 Å². The highest BCUT2D eigenvalue weighted by molar-refractivity contribution is 7.18. The number of amides is 1. The van der Waals surface area contributed by atoms with E-state index in [9.17, 15) is 4.79 Å². The zero-order chi connectivity index (χ0) is 18.5. The molecule has 0 unspecified atom stereocenters. The molecule has 0 aliphatic carbocycles. The van der Waals surface area contributed by atoms with E-state index in [0.717, 1.165) is 43.8 Å². The van der Waals surface area contributed by atoms with Crippen LogP contribution >= 0.6 is 11.3 Å². The van der Waals surface area contributed by atoms with Crippen molar-refractivity contribution in [1.29, 1.82) is 0 Å². The van der Waals surface area contributed by atoms with Crippen LogP contribution in [0.4, 0.5) is 0 Å². The number of thiazole rings is 1. The van der Waals surface area contributed by atoms with E-state index in [0.29, 0.717) is 13.1 Å². The first-order valence-electron chi connectivity index (χ1n) is 9.36. The van der Waals surface area contributed by atoms with Crippen molar-refractivity contribution in [3.8, 4) is 0 Å². The highest BCUT2D eigenvalue weighted by Crippen LogP contribution is 2.22. The molecule has 0 bridgehead atoms. The Hall–Kier alpha value is -2.28. The second-order valence-corrected chi connectivity index (χ2v) is 8.01. The Morgan fingerprint density at radius 2 is 1.67 bits per heavy atom. The summed E-state index contributed by atoms with van der Waals surface area (Å²) >= 11 is 1.78. The number of piperazine rings is 1. The summed E-state index contributed by atoms with van der Waals surface area (Å²) in [4.78, 5) is 21.6. The number of hydrogen-bond acceptors (Lipinski definition) is 5. The third-order valence-corrected chi connectivity index (χ3v) is 5.88. The molecule has 1 fully saturated rings. The standard InChI is InChI=1S/C21H24N4OS/c26-20(22-14-17-6-2-1-3-7-17)15-24-10-12-25(13-11-24)16-21-23-18-8-4-5-9-19(18)27-21/h1-9H,10-16H2,(H,22,26). The monoisotopic (exact) mass is 380 g/mol. The van der Waals surface area contributed by atoms with Crippen molar-refractivity contribution in [2.75, 3.05) is 32.7 Å². The molecular weight excluding hydrogens is 356 g/mol. The number of carbonyl (C=O) groups excluding carboxylic acids is 1. The molecule has 1 N–H and O–H groups in total. The van der Waals surface area contributed by atoms with Crippen LogP contribution in [0.1, 0.15) is 10.6 Å². The van der Waals surface area contributed by atoms with E-state index in [1.165, 1.54) is 9.71 Å². The largest absolute Gasteiger partial charge is 0.351 e. The van der Waals surface area contributed by atoms with Crippen LogP contribution in [0.5, 0.6) is 0 Å². The highest BCUT2D eigenvalue weighted by Gasteiger charge is 2.20. The molecular formula is C21H24N4OS. The first-order chi connectivity index (χ1) is 13.3. The van der Waals surface area contributed by atoms with Gasteiger partial charge in [0.2, 0.25) is 5.91 Å². The van der Waals surface area contributed by atoms with Gasteiger partial charge in [-0.05, 0) is 17.7 Å². The molecule has 1 amide bonds. The van der Waals surface area contributed by atoms with Crippen LogP contribution in [-0.4, -0.2) is 53.4 Å². The predicted octanol–water partition coefficient (Wildman–Crippen LogP) is 2.73. The number of aromatic nitrogens is 1. The van der Waals surface area contributed by atoms with Gasteiger partial charge in [-0.15, -0.1) is 11.3 Å². The fourth-order valence-electron chi connectivity index (χ4n) is 3.34. The maximum Gasteiger partial charge on any atom is 0.234 e. The molecule has 3 aromatic rings. The molecule has 2 aromatic carbocycles. The quantitative estimate of drug-likeness (QED) is 0.714. The van der Waals surface area contributed by atoms with Crippen LogP contribution < -0.4 is 5.32 Å². The van der Waals surface area contributed by atoms with Gasteiger partial charge in [0, 0.05) is 32.7 Å². The normalized spacial score (nSPS) is 15.9. The summed E-state index contributed by atoms with van der Waals surface area (Å²) in [6, 6.07) is 18.3. The molecule has 1 aliphatic rings. The second kappa shape index (κ2) is 8.61. The fraction of sp³-hybridized carbons (Fsp3) is 0.333. The average Bonchev–Trinajstić information content (AvgIpc) is 3.11. The predicted molar refractivity (Wildman–Crippen MR) is 110 cm³/mol. The van der Waals surface area contributed by atoms with E-state index in [1.807, 2.05) is 36.4 Å². The summed E-state index contributed by atoms with van der Waals surface area (Å²) < 4.78 is 1.25. The summed E-state index contributed by atoms with van der Waals surface area (Å²) in [6.45, 7) is 5.75. The Labute approximate surface area is 163 Å². The molecule has 4 rings (SSSR count). The lowest BCUT2D eigenvalue weighted by Crippen LogP contribution is -2.49. The van der Waals surface area contributed by atoms with Crippen LogP contribution in [0.2, 0.25) is 0 Å². The van der Waals surface area contributed by atoms with E-state index in [1.54, 1.807) is 11.3 Å². The van der Waals surface area contributed by atoms with Gasteiger partial charge < -0.3 is 5.32 Å². The molecule has 0 atom stereocenters. The summed E-state index contributed by atoms with van der Waals surface area (Å²) in [5.41, 5.74) is 2.22. The van der Waals surface area contributed by atoms with Crippen molar-refractivity contribution in [2.45, 2.75) is 13.1 Å². The van der Waals surface area contributed by atoms with E-state index in [2.05, 4.69) is 33.3 Å². The van der Waals surface area contributed by atoms with Gasteiger partial charge in [-0.2, -0.15) is 0 Å². The number of nitrogens with zero attached hydrogens (tertiary/aromatic N) is 3. The highest BCUT2D eigenvalue weighted by atomic mass is 32.1. The second-order valence-electron chi connectivity index (χ2n) is 6.89.